The van der Waals surface area contributed by atoms with E-state index in [1.165, 1.54) is 0 Å². The van der Waals surface area contributed by atoms with Crippen molar-refractivity contribution >= 4 is 28.4 Å². The fourth-order valence-corrected chi connectivity index (χ4v) is 2.12. The number of fused-ring (bicyclic) bond motifs is 1. The molecule has 1 aromatic heterocycles. The van der Waals surface area contributed by atoms with Crippen LogP contribution in [-0.4, -0.2) is 30.5 Å². The minimum absolute atomic E-state index is 0.782. The van der Waals surface area contributed by atoms with Crippen molar-refractivity contribution in [3.8, 4) is 0 Å². The molecule has 3 rings (SSSR count). The van der Waals surface area contributed by atoms with Gasteiger partial charge in [0.05, 0.1) is 18.1 Å². The van der Waals surface area contributed by atoms with Crippen LogP contribution in [0.5, 0.6) is 0 Å². The molecule has 0 atom stereocenters. The molecule has 0 spiro atoms. The molecule has 4 nitrogen and oxygen atoms in total. The average Bonchev–Trinajstić information content (AvgIpc) is 2.53. The SMILES string of the molecule is CN(C)c1ccc(N=Cc2nncc3ccccc23)cc1. The van der Waals surface area contributed by atoms with Gasteiger partial charge >= 0.3 is 0 Å². The largest absolute Gasteiger partial charge is 0.378 e. The van der Waals surface area contributed by atoms with Crippen LogP contribution in [-0.2, 0) is 0 Å². The molecule has 0 amide bonds. The Bertz CT molecular complexity index is 771. The van der Waals surface area contributed by atoms with Crippen molar-refractivity contribution in [3.05, 3.63) is 60.4 Å². The van der Waals surface area contributed by atoms with Crippen molar-refractivity contribution in [1.82, 2.24) is 10.2 Å². The third-order valence-electron chi connectivity index (χ3n) is 3.30. The Labute approximate surface area is 123 Å². The highest BCUT2D eigenvalue weighted by Crippen LogP contribution is 2.19. The van der Waals surface area contributed by atoms with Crippen molar-refractivity contribution in [3.63, 3.8) is 0 Å². The molecule has 1 heterocycles. The second-order valence-electron chi connectivity index (χ2n) is 4.99. The number of aromatic nitrogens is 2. The number of hydrogen-bond donors (Lipinski definition) is 0. The summed E-state index contributed by atoms with van der Waals surface area (Å²) >= 11 is 0. The average molecular weight is 276 g/mol. The van der Waals surface area contributed by atoms with Gasteiger partial charge < -0.3 is 4.90 Å². The fourth-order valence-electron chi connectivity index (χ4n) is 2.12. The first kappa shape index (κ1) is 13.2. The molecule has 0 fully saturated rings. The molecule has 0 saturated carbocycles. The normalized spacial score (nSPS) is 11.1. The van der Waals surface area contributed by atoms with E-state index in [9.17, 15) is 0 Å². The highest BCUT2D eigenvalue weighted by Gasteiger charge is 2.00. The maximum atomic E-state index is 4.48. The van der Waals surface area contributed by atoms with Crippen molar-refractivity contribution in [2.75, 3.05) is 19.0 Å². The van der Waals surface area contributed by atoms with Gasteiger partial charge in [0.15, 0.2) is 0 Å². The lowest BCUT2D eigenvalue weighted by atomic mass is 10.1. The molecule has 0 aliphatic heterocycles. The van der Waals surface area contributed by atoms with Gasteiger partial charge in [0, 0.05) is 30.6 Å². The van der Waals surface area contributed by atoms with Gasteiger partial charge in [-0.05, 0) is 24.3 Å². The van der Waals surface area contributed by atoms with Gasteiger partial charge in [0.25, 0.3) is 0 Å². The number of anilines is 1. The molecular weight excluding hydrogens is 260 g/mol. The Kier molecular flexibility index (Phi) is 3.60. The third kappa shape index (κ3) is 2.89. The summed E-state index contributed by atoms with van der Waals surface area (Å²) in [6, 6.07) is 16.1. The monoisotopic (exact) mass is 276 g/mol. The second-order valence-corrected chi connectivity index (χ2v) is 4.99. The standard InChI is InChI=1S/C17H16N4/c1-21(2)15-9-7-14(8-10-15)18-12-17-16-6-4-3-5-13(16)11-19-20-17/h3-12H,1-2H3. The number of aliphatic imine (C=N–C) groups is 1. The summed E-state index contributed by atoms with van der Waals surface area (Å²) in [4.78, 5) is 6.54. The first-order valence-corrected chi connectivity index (χ1v) is 6.76. The molecular formula is C17H16N4. The van der Waals surface area contributed by atoms with Crippen LogP contribution >= 0.6 is 0 Å². The molecule has 0 saturated heterocycles. The lowest BCUT2D eigenvalue weighted by molar-refractivity contribution is 1.04. The van der Waals surface area contributed by atoms with Gasteiger partial charge in [0.2, 0.25) is 0 Å². The fraction of sp³-hybridized carbons (Fsp3) is 0.118. The molecule has 0 aliphatic carbocycles. The molecule has 21 heavy (non-hydrogen) atoms. The van der Waals surface area contributed by atoms with E-state index in [1.54, 1.807) is 12.4 Å². The van der Waals surface area contributed by atoms with Crippen molar-refractivity contribution in [2.24, 2.45) is 4.99 Å². The molecule has 0 aliphatic rings. The summed E-state index contributed by atoms with van der Waals surface area (Å²) < 4.78 is 0. The minimum atomic E-state index is 0.782. The molecule has 2 aromatic carbocycles. The third-order valence-corrected chi connectivity index (χ3v) is 3.30. The van der Waals surface area contributed by atoms with Crippen LogP contribution < -0.4 is 4.90 Å². The lowest BCUT2D eigenvalue weighted by Gasteiger charge is -2.11. The van der Waals surface area contributed by atoms with Crippen LogP contribution in [0.2, 0.25) is 0 Å². The quantitative estimate of drug-likeness (QED) is 0.688. The molecule has 3 aromatic rings. The number of hydrogen-bond acceptors (Lipinski definition) is 4. The minimum Gasteiger partial charge on any atom is -0.378 e. The van der Waals surface area contributed by atoms with Crippen LogP contribution in [0.25, 0.3) is 10.8 Å². The van der Waals surface area contributed by atoms with Crippen molar-refractivity contribution in [1.29, 1.82) is 0 Å². The van der Waals surface area contributed by atoms with E-state index in [1.807, 2.05) is 62.6 Å². The smallest absolute Gasteiger partial charge is 0.112 e. The van der Waals surface area contributed by atoms with Crippen LogP contribution in [0.3, 0.4) is 0 Å². The van der Waals surface area contributed by atoms with E-state index < -0.39 is 0 Å². The second kappa shape index (κ2) is 5.71. The number of rotatable bonds is 3. The summed E-state index contributed by atoms with van der Waals surface area (Å²) in [5.41, 5.74) is 2.83. The van der Waals surface area contributed by atoms with Crippen molar-refractivity contribution < 1.29 is 0 Å². The van der Waals surface area contributed by atoms with Gasteiger partial charge in [-0.2, -0.15) is 5.10 Å². The van der Waals surface area contributed by atoms with E-state index in [4.69, 9.17) is 0 Å². The highest BCUT2D eigenvalue weighted by molar-refractivity contribution is 5.97. The zero-order valence-electron chi connectivity index (χ0n) is 12.1. The zero-order valence-corrected chi connectivity index (χ0v) is 12.1. The van der Waals surface area contributed by atoms with E-state index in [2.05, 4.69) is 20.1 Å². The molecule has 0 bridgehead atoms. The Morgan fingerprint density at radius 1 is 1.00 bits per heavy atom. The van der Waals surface area contributed by atoms with Crippen molar-refractivity contribution in [2.45, 2.75) is 0 Å². The first-order chi connectivity index (χ1) is 10.2. The van der Waals surface area contributed by atoms with Gasteiger partial charge in [0.1, 0.15) is 5.69 Å². The molecule has 4 heteroatoms. The Morgan fingerprint density at radius 3 is 2.52 bits per heavy atom. The highest BCUT2D eigenvalue weighted by atomic mass is 15.1. The van der Waals surface area contributed by atoms with Gasteiger partial charge in [-0.25, -0.2) is 0 Å². The summed E-state index contributed by atoms with van der Waals surface area (Å²) in [5, 5.41) is 10.3. The topological polar surface area (TPSA) is 41.4 Å². The predicted octanol–water partition coefficient (Wildman–Crippen LogP) is 3.45. The lowest BCUT2D eigenvalue weighted by Crippen LogP contribution is -2.07. The van der Waals surface area contributed by atoms with Crippen LogP contribution in [0.1, 0.15) is 5.69 Å². The van der Waals surface area contributed by atoms with Crippen LogP contribution in [0.15, 0.2) is 59.7 Å². The Hall–Kier alpha value is -2.75. The Balaban J connectivity index is 1.91. The van der Waals surface area contributed by atoms with E-state index in [0.717, 1.165) is 27.8 Å². The molecule has 0 unspecified atom stereocenters. The van der Waals surface area contributed by atoms with Gasteiger partial charge in [-0.3, -0.25) is 4.99 Å². The molecule has 104 valence electrons. The number of benzene rings is 2. The summed E-state index contributed by atoms with van der Waals surface area (Å²) in [7, 11) is 4.04. The molecule has 0 radical (unpaired) electrons. The van der Waals surface area contributed by atoms with E-state index in [-0.39, 0.29) is 0 Å². The predicted molar refractivity (Wildman–Crippen MR) is 87.6 cm³/mol. The first-order valence-electron chi connectivity index (χ1n) is 6.76. The number of nitrogens with zero attached hydrogens (tertiary/aromatic N) is 4. The summed E-state index contributed by atoms with van der Waals surface area (Å²) in [6.07, 6.45) is 3.53. The Morgan fingerprint density at radius 2 is 1.76 bits per heavy atom. The summed E-state index contributed by atoms with van der Waals surface area (Å²) in [6.45, 7) is 0. The van der Waals surface area contributed by atoms with E-state index >= 15 is 0 Å². The maximum absolute atomic E-state index is 4.48. The van der Waals surface area contributed by atoms with Gasteiger partial charge in [-0.1, -0.05) is 24.3 Å². The zero-order chi connectivity index (χ0) is 14.7. The van der Waals surface area contributed by atoms with Crippen LogP contribution in [0, 0.1) is 0 Å². The maximum Gasteiger partial charge on any atom is 0.112 e. The van der Waals surface area contributed by atoms with E-state index in [0.29, 0.717) is 0 Å². The molecule has 0 N–H and O–H groups in total. The van der Waals surface area contributed by atoms with Crippen LogP contribution in [0.4, 0.5) is 11.4 Å². The summed E-state index contributed by atoms with van der Waals surface area (Å²) in [5.74, 6) is 0. The van der Waals surface area contributed by atoms with Gasteiger partial charge in [-0.15, -0.1) is 5.10 Å².